The van der Waals surface area contributed by atoms with Gasteiger partial charge in [0.05, 0.1) is 19.0 Å². The number of hydrogen-bond acceptors (Lipinski definition) is 3. The molecule has 0 saturated carbocycles. The van der Waals surface area contributed by atoms with Crippen LogP contribution in [0, 0.1) is 6.92 Å². The summed E-state index contributed by atoms with van der Waals surface area (Å²) in [5.41, 5.74) is 0.779. The van der Waals surface area contributed by atoms with Gasteiger partial charge in [0.1, 0.15) is 0 Å². The Kier molecular flexibility index (Phi) is 3.55. The Hall–Kier alpha value is -1.00. The van der Waals surface area contributed by atoms with Gasteiger partial charge in [-0.15, -0.1) is 11.6 Å². The van der Waals surface area contributed by atoms with Crippen LogP contribution >= 0.6 is 11.6 Å². The van der Waals surface area contributed by atoms with Gasteiger partial charge in [0.25, 0.3) is 5.56 Å². The molecule has 0 aliphatic rings. The smallest absolute Gasteiger partial charge is 0.258 e. The number of halogens is 1. The maximum absolute atomic E-state index is 11.6. The molecule has 0 aliphatic heterocycles. The highest BCUT2D eigenvalue weighted by Gasteiger charge is 2.10. The van der Waals surface area contributed by atoms with Crippen molar-refractivity contribution in [2.75, 3.05) is 6.61 Å². The molecular formula is C9H12ClNO3. The molecule has 0 aliphatic carbocycles. The third-order valence-corrected chi connectivity index (χ3v) is 2.33. The number of alkyl halides is 1. The number of nitrogens with zero attached hydrogens (tertiary/aromatic N) is 1. The van der Waals surface area contributed by atoms with Crippen LogP contribution in [0.25, 0.3) is 0 Å². The summed E-state index contributed by atoms with van der Waals surface area (Å²) < 4.78 is 1.10. The molecule has 0 bridgehead atoms. The summed E-state index contributed by atoms with van der Waals surface area (Å²) in [6, 6.07) is 1.47. The summed E-state index contributed by atoms with van der Waals surface area (Å²) in [4.78, 5) is 11.6. The zero-order chi connectivity index (χ0) is 10.7. The Bertz CT molecular complexity index is 386. The topological polar surface area (TPSA) is 62.5 Å². The van der Waals surface area contributed by atoms with E-state index >= 15 is 0 Å². The Balaban J connectivity index is 3.36. The minimum Gasteiger partial charge on any atom is -0.494 e. The molecule has 1 heterocycles. The third-order valence-electron chi connectivity index (χ3n) is 2.06. The van der Waals surface area contributed by atoms with E-state index in [1.54, 1.807) is 6.92 Å². The molecule has 0 spiro atoms. The second-order valence-electron chi connectivity index (χ2n) is 2.98. The first kappa shape index (κ1) is 11.1. The number of pyridine rings is 1. The fourth-order valence-electron chi connectivity index (χ4n) is 1.27. The van der Waals surface area contributed by atoms with E-state index in [0.717, 1.165) is 4.57 Å². The van der Waals surface area contributed by atoms with Crippen LogP contribution in [-0.4, -0.2) is 21.4 Å². The van der Waals surface area contributed by atoms with Gasteiger partial charge in [0, 0.05) is 11.6 Å². The standard InChI is InChI=1S/C9H12ClNO3/c1-6-4-8(13)11(2-3-12)9(14)7(6)5-10/h4,12-13H,2-3,5H2,1H3. The SMILES string of the molecule is Cc1cc(O)n(CCO)c(=O)c1CCl. The molecule has 5 heteroatoms. The molecule has 0 amide bonds. The van der Waals surface area contributed by atoms with E-state index < -0.39 is 0 Å². The molecule has 1 aromatic heterocycles. The number of aliphatic hydroxyl groups excluding tert-OH is 1. The molecule has 1 aromatic rings. The summed E-state index contributed by atoms with van der Waals surface area (Å²) in [5, 5.41) is 18.1. The largest absolute Gasteiger partial charge is 0.494 e. The summed E-state index contributed by atoms with van der Waals surface area (Å²) >= 11 is 5.60. The molecular weight excluding hydrogens is 206 g/mol. The van der Waals surface area contributed by atoms with Gasteiger partial charge >= 0.3 is 0 Å². The Labute approximate surface area is 86.4 Å². The summed E-state index contributed by atoms with van der Waals surface area (Å²) in [6.07, 6.45) is 0. The van der Waals surface area contributed by atoms with Crippen LogP contribution in [0.15, 0.2) is 10.9 Å². The average Bonchev–Trinajstić information content (AvgIpc) is 2.12. The Morgan fingerprint density at radius 3 is 2.71 bits per heavy atom. The quantitative estimate of drug-likeness (QED) is 0.729. The molecule has 0 atom stereocenters. The number of rotatable bonds is 3. The van der Waals surface area contributed by atoms with Gasteiger partial charge in [-0.25, -0.2) is 0 Å². The van der Waals surface area contributed by atoms with Gasteiger partial charge in [-0.05, 0) is 12.5 Å². The van der Waals surface area contributed by atoms with Gasteiger partial charge in [-0.1, -0.05) is 0 Å². The van der Waals surface area contributed by atoms with Crippen molar-refractivity contribution in [3.63, 3.8) is 0 Å². The average molecular weight is 218 g/mol. The number of hydrogen-bond donors (Lipinski definition) is 2. The summed E-state index contributed by atoms with van der Waals surface area (Å²) in [7, 11) is 0. The lowest BCUT2D eigenvalue weighted by Gasteiger charge is -2.10. The molecule has 0 radical (unpaired) electrons. The van der Waals surface area contributed by atoms with Crippen molar-refractivity contribution in [2.24, 2.45) is 0 Å². The van der Waals surface area contributed by atoms with Crippen molar-refractivity contribution in [2.45, 2.75) is 19.3 Å². The molecule has 78 valence electrons. The van der Waals surface area contributed by atoms with Crippen LogP contribution in [0.1, 0.15) is 11.1 Å². The van der Waals surface area contributed by atoms with Gasteiger partial charge in [-0.2, -0.15) is 0 Å². The van der Waals surface area contributed by atoms with Gasteiger partial charge < -0.3 is 10.2 Å². The van der Waals surface area contributed by atoms with Gasteiger partial charge in [-0.3, -0.25) is 9.36 Å². The van der Waals surface area contributed by atoms with E-state index in [2.05, 4.69) is 0 Å². The lowest BCUT2D eigenvalue weighted by molar-refractivity contribution is 0.263. The second kappa shape index (κ2) is 4.48. The molecule has 0 aromatic carbocycles. The minimum absolute atomic E-state index is 0.0782. The van der Waals surface area contributed by atoms with Crippen LogP contribution in [0.5, 0.6) is 5.88 Å². The molecule has 4 nitrogen and oxygen atoms in total. The van der Waals surface area contributed by atoms with E-state index in [9.17, 15) is 9.90 Å². The lowest BCUT2D eigenvalue weighted by atomic mass is 10.2. The van der Waals surface area contributed by atoms with E-state index in [1.165, 1.54) is 6.07 Å². The molecule has 1 rings (SSSR count). The number of aliphatic hydroxyl groups is 1. The fraction of sp³-hybridized carbons (Fsp3) is 0.444. The van der Waals surface area contributed by atoms with Crippen molar-refractivity contribution in [3.8, 4) is 5.88 Å². The van der Waals surface area contributed by atoms with Crippen molar-refractivity contribution in [3.05, 3.63) is 27.5 Å². The second-order valence-corrected chi connectivity index (χ2v) is 3.25. The molecule has 0 unspecified atom stereocenters. The van der Waals surface area contributed by atoms with Crippen LogP contribution in [0.2, 0.25) is 0 Å². The Morgan fingerprint density at radius 2 is 2.21 bits per heavy atom. The van der Waals surface area contributed by atoms with E-state index in [1.807, 2.05) is 0 Å². The zero-order valence-electron chi connectivity index (χ0n) is 7.83. The number of aromatic hydroxyl groups is 1. The van der Waals surface area contributed by atoms with Crippen LogP contribution in [0.4, 0.5) is 0 Å². The zero-order valence-corrected chi connectivity index (χ0v) is 8.58. The first-order chi connectivity index (χ1) is 6.61. The Morgan fingerprint density at radius 1 is 1.57 bits per heavy atom. The summed E-state index contributed by atoms with van der Waals surface area (Å²) in [6.45, 7) is 1.59. The number of aryl methyl sites for hydroxylation is 1. The third kappa shape index (κ3) is 1.91. The van der Waals surface area contributed by atoms with Gasteiger partial charge in [0.2, 0.25) is 0 Å². The monoisotopic (exact) mass is 217 g/mol. The lowest BCUT2D eigenvalue weighted by Crippen LogP contribution is -2.25. The molecule has 14 heavy (non-hydrogen) atoms. The van der Waals surface area contributed by atoms with Crippen molar-refractivity contribution < 1.29 is 10.2 Å². The van der Waals surface area contributed by atoms with E-state index in [-0.39, 0.29) is 30.5 Å². The van der Waals surface area contributed by atoms with Crippen LogP contribution in [-0.2, 0) is 12.4 Å². The van der Waals surface area contributed by atoms with E-state index in [4.69, 9.17) is 16.7 Å². The fourth-order valence-corrected chi connectivity index (χ4v) is 1.60. The molecule has 0 saturated heterocycles. The highest BCUT2D eigenvalue weighted by Crippen LogP contribution is 2.13. The predicted octanol–water partition coefficient (Wildman–Crippen LogP) is 0.593. The highest BCUT2D eigenvalue weighted by molar-refractivity contribution is 6.17. The van der Waals surface area contributed by atoms with Gasteiger partial charge in [0.15, 0.2) is 5.88 Å². The number of aromatic nitrogens is 1. The molecule has 0 fully saturated rings. The molecule has 2 N–H and O–H groups in total. The first-order valence-electron chi connectivity index (χ1n) is 4.21. The van der Waals surface area contributed by atoms with Crippen LogP contribution in [0.3, 0.4) is 0 Å². The first-order valence-corrected chi connectivity index (χ1v) is 4.74. The van der Waals surface area contributed by atoms with E-state index in [0.29, 0.717) is 11.1 Å². The van der Waals surface area contributed by atoms with Crippen molar-refractivity contribution in [1.82, 2.24) is 4.57 Å². The van der Waals surface area contributed by atoms with Crippen molar-refractivity contribution >= 4 is 11.6 Å². The van der Waals surface area contributed by atoms with Crippen LogP contribution < -0.4 is 5.56 Å². The summed E-state index contributed by atoms with van der Waals surface area (Å²) in [5.74, 6) is -0.0356. The highest BCUT2D eigenvalue weighted by atomic mass is 35.5. The maximum atomic E-state index is 11.6. The van der Waals surface area contributed by atoms with Crippen molar-refractivity contribution in [1.29, 1.82) is 0 Å². The predicted molar refractivity (Wildman–Crippen MR) is 53.7 cm³/mol. The normalized spacial score (nSPS) is 10.5. The minimum atomic E-state index is -0.341. The maximum Gasteiger partial charge on any atom is 0.258 e.